The second kappa shape index (κ2) is 8.47. The fraction of sp³-hybridized carbons (Fsp3) is 0.208. The Balaban J connectivity index is 1.76. The van der Waals surface area contributed by atoms with Gasteiger partial charge >= 0.3 is 5.97 Å². The molecule has 0 fully saturated rings. The lowest BCUT2D eigenvalue weighted by Crippen LogP contribution is -2.28. The maximum Gasteiger partial charge on any atom is 0.308 e. The quantitative estimate of drug-likeness (QED) is 0.353. The van der Waals surface area contributed by atoms with Crippen molar-refractivity contribution in [2.45, 2.75) is 34.1 Å². The maximum absolute atomic E-state index is 12.9. The van der Waals surface area contributed by atoms with Gasteiger partial charge in [0.2, 0.25) is 4.96 Å². The Bertz CT molecular complexity index is 1500. The molecular formula is C24H21N3O4S. The summed E-state index contributed by atoms with van der Waals surface area (Å²) in [5.41, 5.74) is 3.86. The first-order chi connectivity index (χ1) is 15.2. The Morgan fingerprint density at radius 3 is 2.38 bits per heavy atom. The summed E-state index contributed by atoms with van der Waals surface area (Å²) >= 11 is 1.11. The van der Waals surface area contributed by atoms with Crippen LogP contribution in [0, 0.1) is 20.8 Å². The fourth-order valence-electron chi connectivity index (χ4n) is 3.47. The Hall–Kier alpha value is -3.65. The molecule has 2 aromatic carbocycles. The summed E-state index contributed by atoms with van der Waals surface area (Å²) in [6, 6.07) is 11.5. The zero-order valence-corrected chi connectivity index (χ0v) is 18.9. The van der Waals surface area contributed by atoms with E-state index >= 15 is 0 Å². The molecule has 0 saturated carbocycles. The van der Waals surface area contributed by atoms with E-state index in [9.17, 15) is 14.4 Å². The van der Waals surface area contributed by atoms with E-state index in [1.165, 1.54) is 11.4 Å². The van der Waals surface area contributed by atoms with Crippen molar-refractivity contribution >= 4 is 28.3 Å². The number of benzene rings is 2. The smallest absolute Gasteiger partial charge is 0.308 e. The molecule has 32 heavy (non-hydrogen) atoms. The molecule has 0 radical (unpaired) electrons. The van der Waals surface area contributed by atoms with Gasteiger partial charge in [0, 0.05) is 13.3 Å². The molecule has 0 N–H and O–H groups in total. The van der Waals surface area contributed by atoms with Crippen molar-refractivity contribution in [1.82, 2.24) is 14.6 Å². The monoisotopic (exact) mass is 447 g/mol. The van der Waals surface area contributed by atoms with Crippen LogP contribution < -0.4 is 20.4 Å². The van der Waals surface area contributed by atoms with Crippen molar-refractivity contribution < 1.29 is 9.53 Å². The van der Waals surface area contributed by atoms with E-state index in [4.69, 9.17) is 4.74 Å². The van der Waals surface area contributed by atoms with Crippen molar-refractivity contribution in [3.63, 3.8) is 0 Å². The van der Waals surface area contributed by atoms with Gasteiger partial charge in [-0.3, -0.25) is 14.4 Å². The second-order valence-corrected chi connectivity index (χ2v) is 8.72. The number of fused-ring (bicyclic) bond motifs is 1. The molecule has 0 bridgehead atoms. The lowest BCUT2D eigenvalue weighted by atomic mass is 10.1. The average molecular weight is 448 g/mol. The molecule has 0 aliphatic heterocycles. The molecule has 0 aliphatic carbocycles. The molecule has 0 spiro atoms. The molecule has 4 rings (SSSR count). The van der Waals surface area contributed by atoms with Crippen LogP contribution in [0.1, 0.15) is 40.4 Å². The molecule has 8 heteroatoms. The van der Waals surface area contributed by atoms with Gasteiger partial charge in [0.1, 0.15) is 11.4 Å². The summed E-state index contributed by atoms with van der Waals surface area (Å²) in [4.78, 5) is 41.1. The Labute approximate surface area is 187 Å². The van der Waals surface area contributed by atoms with E-state index < -0.39 is 5.56 Å². The lowest BCUT2D eigenvalue weighted by Gasteiger charge is -2.10. The molecule has 0 aliphatic rings. The highest BCUT2D eigenvalue weighted by Crippen LogP contribution is 2.25. The predicted octanol–water partition coefficient (Wildman–Crippen LogP) is 2.50. The number of hydrogen-bond donors (Lipinski definition) is 0. The number of aromatic nitrogens is 3. The summed E-state index contributed by atoms with van der Waals surface area (Å²) in [7, 11) is 0. The van der Waals surface area contributed by atoms with Crippen LogP contribution in [-0.4, -0.2) is 20.6 Å². The largest absolute Gasteiger partial charge is 0.426 e. The van der Waals surface area contributed by atoms with Crippen LogP contribution in [0.3, 0.4) is 0 Å². The maximum atomic E-state index is 12.9. The minimum absolute atomic E-state index is 0.227. The van der Waals surface area contributed by atoms with Crippen LogP contribution in [0.25, 0.3) is 11.0 Å². The lowest BCUT2D eigenvalue weighted by molar-refractivity contribution is -0.131. The van der Waals surface area contributed by atoms with E-state index in [2.05, 4.69) is 10.1 Å². The Morgan fingerprint density at radius 2 is 1.75 bits per heavy atom. The van der Waals surface area contributed by atoms with Gasteiger partial charge in [-0.15, -0.1) is 0 Å². The van der Waals surface area contributed by atoms with E-state index in [1.807, 2.05) is 57.2 Å². The van der Waals surface area contributed by atoms with Crippen molar-refractivity contribution in [1.29, 1.82) is 0 Å². The number of hydrogen-bond acceptors (Lipinski definition) is 7. The third-order valence-corrected chi connectivity index (χ3v) is 5.93. The standard InChI is InChI=1S/C24H21N3O4S/c1-13-5-7-17(8-6-13)11-19-22(29)25-24-27(26-19)23(30)20(32-24)12-18-9-14(2)21(15(3)10-18)31-16(4)28/h5-10,12H,11H2,1-4H3. The predicted molar refractivity (Wildman–Crippen MR) is 123 cm³/mol. The first-order valence-corrected chi connectivity index (χ1v) is 10.8. The third-order valence-electron chi connectivity index (χ3n) is 4.97. The highest BCUT2D eigenvalue weighted by atomic mass is 32.1. The number of nitrogens with zero attached hydrogens (tertiary/aromatic N) is 3. The number of esters is 1. The fourth-order valence-corrected chi connectivity index (χ4v) is 4.38. The number of carbonyl (C=O) groups excluding carboxylic acids is 1. The summed E-state index contributed by atoms with van der Waals surface area (Å²) < 4.78 is 6.87. The van der Waals surface area contributed by atoms with Crippen LogP contribution in [0.15, 0.2) is 46.0 Å². The molecule has 0 atom stereocenters. The van der Waals surface area contributed by atoms with Crippen LogP contribution >= 0.6 is 11.3 Å². The van der Waals surface area contributed by atoms with Gasteiger partial charge in [0.25, 0.3) is 11.1 Å². The summed E-state index contributed by atoms with van der Waals surface area (Å²) in [6.07, 6.45) is 2.03. The zero-order chi connectivity index (χ0) is 23.0. The van der Waals surface area contributed by atoms with Crippen LogP contribution in [-0.2, 0) is 11.2 Å². The van der Waals surface area contributed by atoms with Crippen molar-refractivity contribution in [2.24, 2.45) is 0 Å². The molecule has 2 heterocycles. The summed E-state index contributed by atoms with van der Waals surface area (Å²) in [6.45, 7) is 7.02. The first kappa shape index (κ1) is 21.6. The van der Waals surface area contributed by atoms with E-state index in [0.717, 1.165) is 39.2 Å². The molecule has 4 aromatic rings. The third kappa shape index (κ3) is 4.36. The molecule has 7 nitrogen and oxygen atoms in total. The molecule has 0 amide bonds. The number of rotatable bonds is 4. The number of aryl methyl sites for hydroxylation is 3. The normalized spacial score (nSPS) is 11.8. The number of ether oxygens (including phenoxy) is 1. The topological polar surface area (TPSA) is 90.6 Å². The second-order valence-electron chi connectivity index (χ2n) is 7.71. The van der Waals surface area contributed by atoms with Crippen LogP contribution in [0.4, 0.5) is 0 Å². The average Bonchev–Trinajstić information content (AvgIpc) is 3.01. The molecule has 162 valence electrons. The van der Waals surface area contributed by atoms with E-state index in [-0.39, 0.29) is 22.2 Å². The SMILES string of the molecule is CC(=O)Oc1c(C)cc(C=c2sc3nc(=O)c(Cc4ccc(C)cc4)nn3c2=O)cc1C. The molecular weight excluding hydrogens is 426 g/mol. The van der Waals surface area contributed by atoms with Crippen molar-refractivity contribution in [3.8, 4) is 5.75 Å². The highest BCUT2D eigenvalue weighted by Gasteiger charge is 2.13. The zero-order valence-electron chi connectivity index (χ0n) is 18.1. The molecule has 0 saturated heterocycles. The van der Waals surface area contributed by atoms with Crippen LogP contribution in [0.5, 0.6) is 5.75 Å². The van der Waals surface area contributed by atoms with Crippen LogP contribution in [0.2, 0.25) is 0 Å². The van der Waals surface area contributed by atoms with Gasteiger partial charge in [-0.25, -0.2) is 0 Å². The van der Waals surface area contributed by atoms with Gasteiger partial charge in [-0.05, 0) is 61.2 Å². The van der Waals surface area contributed by atoms with Crippen molar-refractivity contribution in [2.75, 3.05) is 0 Å². The summed E-state index contributed by atoms with van der Waals surface area (Å²) in [5.74, 6) is 0.130. The highest BCUT2D eigenvalue weighted by molar-refractivity contribution is 7.15. The van der Waals surface area contributed by atoms with Crippen molar-refractivity contribution in [3.05, 3.63) is 95.1 Å². The number of thiazole rings is 1. The summed E-state index contributed by atoms with van der Waals surface area (Å²) in [5, 5.41) is 4.30. The van der Waals surface area contributed by atoms with Gasteiger partial charge in [-0.2, -0.15) is 14.6 Å². The van der Waals surface area contributed by atoms with E-state index in [1.54, 1.807) is 6.08 Å². The van der Waals surface area contributed by atoms with Gasteiger partial charge in [-0.1, -0.05) is 41.2 Å². The minimum Gasteiger partial charge on any atom is -0.426 e. The van der Waals surface area contributed by atoms with E-state index in [0.29, 0.717) is 16.7 Å². The minimum atomic E-state index is -0.434. The molecule has 2 aromatic heterocycles. The van der Waals surface area contributed by atoms with Gasteiger partial charge in [0.15, 0.2) is 0 Å². The Morgan fingerprint density at radius 1 is 1.09 bits per heavy atom. The first-order valence-electron chi connectivity index (χ1n) is 10.0. The number of carbonyl (C=O) groups is 1. The molecule has 0 unspecified atom stereocenters. The van der Waals surface area contributed by atoms with Gasteiger partial charge in [0.05, 0.1) is 4.53 Å². The Kier molecular flexibility index (Phi) is 5.71. The van der Waals surface area contributed by atoms with Gasteiger partial charge < -0.3 is 4.74 Å².